The fourth-order valence-electron chi connectivity index (χ4n) is 4.01. The van der Waals surface area contributed by atoms with Gasteiger partial charge in [-0.05, 0) is 47.9 Å². The van der Waals surface area contributed by atoms with Gasteiger partial charge in [0.25, 0.3) is 0 Å². The van der Waals surface area contributed by atoms with Gasteiger partial charge in [0.2, 0.25) is 15.9 Å². The van der Waals surface area contributed by atoms with Crippen LogP contribution in [0.3, 0.4) is 0 Å². The Morgan fingerprint density at radius 3 is 2.30 bits per heavy atom. The molecule has 0 saturated carbocycles. The molecular formula is C25H26N2O5S. The van der Waals surface area contributed by atoms with Gasteiger partial charge in [-0.15, -0.1) is 0 Å². The van der Waals surface area contributed by atoms with Gasteiger partial charge in [0.05, 0.1) is 19.1 Å². The van der Waals surface area contributed by atoms with E-state index in [1.54, 1.807) is 19.2 Å². The minimum atomic E-state index is -3.93. The summed E-state index contributed by atoms with van der Waals surface area (Å²) in [5.41, 5.74) is 2.67. The summed E-state index contributed by atoms with van der Waals surface area (Å²) in [6.07, 6.45) is 0.295. The van der Waals surface area contributed by atoms with Crippen molar-refractivity contribution in [2.24, 2.45) is 0 Å². The first-order valence-corrected chi connectivity index (χ1v) is 12.0. The fraction of sp³-hybridized carbons (Fsp3) is 0.240. The molecule has 3 aromatic rings. The molecule has 0 fully saturated rings. The average Bonchev–Trinajstić information content (AvgIpc) is 2.86. The van der Waals surface area contributed by atoms with Crippen LogP contribution in [0.5, 0.6) is 11.5 Å². The molecule has 0 radical (unpaired) electrons. The summed E-state index contributed by atoms with van der Waals surface area (Å²) in [5.74, 6) is 0.867. The van der Waals surface area contributed by atoms with Crippen molar-refractivity contribution in [1.29, 1.82) is 0 Å². The van der Waals surface area contributed by atoms with Crippen LogP contribution in [0.2, 0.25) is 0 Å². The van der Waals surface area contributed by atoms with Gasteiger partial charge in [0.1, 0.15) is 17.5 Å². The van der Waals surface area contributed by atoms with Crippen molar-refractivity contribution in [1.82, 2.24) is 9.62 Å². The molecule has 33 heavy (non-hydrogen) atoms. The van der Waals surface area contributed by atoms with Gasteiger partial charge in [-0.2, -0.15) is 4.31 Å². The molecule has 3 aromatic carbocycles. The third-order valence-electron chi connectivity index (χ3n) is 5.82. The highest BCUT2D eigenvalue weighted by Crippen LogP contribution is 2.30. The van der Waals surface area contributed by atoms with Crippen LogP contribution < -0.4 is 14.8 Å². The molecule has 1 atom stereocenters. The zero-order chi connectivity index (χ0) is 23.4. The number of carbonyl (C=O) groups excluding carboxylic acids is 1. The van der Waals surface area contributed by atoms with Gasteiger partial charge in [-0.3, -0.25) is 4.79 Å². The predicted octanol–water partition coefficient (Wildman–Crippen LogP) is 3.14. The van der Waals surface area contributed by atoms with Crippen LogP contribution in [0.4, 0.5) is 0 Å². The first-order valence-electron chi connectivity index (χ1n) is 10.6. The van der Waals surface area contributed by atoms with Gasteiger partial charge in [-0.1, -0.05) is 42.5 Å². The van der Waals surface area contributed by atoms with Crippen LogP contribution in [0.25, 0.3) is 0 Å². The zero-order valence-electron chi connectivity index (χ0n) is 18.5. The summed E-state index contributed by atoms with van der Waals surface area (Å²) >= 11 is 0. The zero-order valence-corrected chi connectivity index (χ0v) is 19.3. The van der Waals surface area contributed by atoms with Crippen LogP contribution in [0.15, 0.2) is 77.7 Å². The van der Waals surface area contributed by atoms with E-state index in [0.29, 0.717) is 17.9 Å². The number of fused-ring (bicyclic) bond motifs is 1. The number of para-hydroxylation sites is 1. The van der Waals surface area contributed by atoms with E-state index >= 15 is 0 Å². The summed E-state index contributed by atoms with van der Waals surface area (Å²) in [6.45, 7) is 0.356. The van der Waals surface area contributed by atoms with E-state index in [2.05, 4.69) is 5.32 Å². The molecule has 1 amide bonds. The van der Waals surface area contributed by atoms with Gasteiger partial charge >= 0.3 is 0 Å². The molecule has 172 valence electrons. The quantitative estimate of drug-likeness (QED) is 0.578. The molecule has 1 aliphatic rings. The first-order chi connectivity index (χ1) is 15.9. The summed E-state index contributed by atoms with van der Waals surface area (Å²) in [5, 5.41) is 2.90. The second kappa shape index (κ2) is 9.64. The van der Waals surface area contributed by atoms with Crippen molar-refractivity contribution in [3.05, 3.63) is 89.5 Å². The Bertz CT molecular complexity index is 1240. The largest absolute Gasteiger partial charge is 0.497 e. The predicted molar refractivity (Wildman–Crippen MR) is 124 cm³/mol. The number of ether oxygens (including phenoxy) is 2. The lowest BCUT2D eigenvalue weighted by atomic mass is 9.95. The third-order valence-corrected chi connectivity index (χ3v) is 7.69. The highest BCUT2D eigenvalue weighted by atomic mass is 32.2. The number of sulfonamides is 1. The summed E-state index contributed by atoms with van der Waals surface area (Å²) in [6, 6.07) is 20.3. The Kier molecular flexibility index (Phi) is 6.67. The minimum Gasteiger partial charge on any atom is -0.497 e. The Morgan fingerprint density at radius 1 is 0.939 bits per heavy atom. The van der Waals surface area contributed by atoms with Crippen LogP contribution in [0, 0.1) is 0 Å². The van der Waals surface area contributed by atoms with Gasteiger partial charge < -0.3 is 14.8 Å². The standard InChI is InChI=1S/C25H26N2O5S/c1-31-21-11-13-22(14-12-21)33(29,30)27-17-20-9-4-3-7-18(20)15-23(27)25(28)26-16-19-8-5-6-10-24(19)32-2/h3-14,23H,15-17H2,1-2H3,(H,26,28). The second-order valence-corrected chi connectivity index (χ2v) is 9.63. The Labute approximate surface area is 194 Å². The Morgan fingerprint density at radius 2 is 1.61 bits per heavy atom. The lowest BCUT2D eigenvalue weighted by Crippen LogP contribution is -2.52. The monoisotopic (exact) mass is 466 g/mol. The van der Waals surface area contributed by atoms with Gasteiger partial charge in [-0.25, -0.2) is 8.42 Å². The number of hydrogen-bond acceptors (Lipinski definition) is 5. The molecule has 8 heteroatoms. The molecule has 0 spiro atoms. The van der Waals surface area contributed by atoms with Crippen LogP contribution in [0.1, 0.15) is 16.7 Å². The van der Waals surface area contributed by atoms with E-state index < -0.39 is 16.1 Å². The maximum Gasteiger partial charge on any atom is 0.244 e. The number of hydrogen-bond donors (Lipinski definition) is 1. The summed E-state index contributed by atoms with van der Waals surface area (Å²) in [7, 11) is -0.835. The molecule has 0 aliphatic carbocycles. The number of nitrogens with zero attached hydrogens (tertiary/aromatic N) is 1. The van der Waals surface area contributed by atoms with Gasteiger partial charge in [0.15, 0.2) is 0 Å². The average molecular weight is 467 g/mol. The molecule has 4 rings (SSSR count). The fourth-order valence-corrected chi connectivity index (χ4v) is 5.57. The second-order valence-electron chi connectivity index (χ2n) is 7.74. The molecule has 1 aliphatic heterocycles. The van der Waals surface area contributed by atoms with E-state index in [-0.39, 0.29) is 23.9 Å². The number of benzene rings is 3. The number of amides is 1. The number of rotatable bonds is 7. The smallest absolute Gasteiger partial charge is 0.244 e. The molecule has 1 heterocycles. The van der Waals surface area contributed by atoms with Crippen molar-refractivity contribution in [2.45, 2.75) is 30.4 Å². The van der Waals surface area contributed by atoms with Crippen molar-refractivity contribution in [2.75, 3.05) is 14.2 Å². The lowest BCUT2D eigenvalue weighted by molar-refractivity contribution is -0.125. The number of carbonyl (C=O) groups is 1. The van der Waals surface area contributed by atoms with E-state index in [9.17, 15) is 13.2 Å². The third kappa shape index (κ3) is 4.72. The molecule has 7 nitrogen and oxygen atoms in total. The van der Waals surface area contributed by atoms with E-state index in [1.165, 1.54) is 23.5 Å². The molecule has 0 aromatic heterocycles. The highest BCUT2D eigenvalue weighted by Gasteiger charge is 2.39. The van der Waals surface area contributed by atoms with Crippen molar-refractivity contribution < 1.29 is 22.7 Å². The van der Waals surface area contributed by atoms with E-state index in [0.717, 1.165) is 16.7 Å². The highest BCUT2D eigenvalue weighted by molar-refractivity contribution is 7.89. The van der Waals surface area contributed by atoms with Crippen molar-refractivity contribution in [3.8, 4) is 11.5 Å². The minimum absolute atomic E-state index is 0.116. The van der Waals surface area contributed by atoms with Crippen LogP contribution >= 0.6 is 0 Å². The SMILES string of the molecule is COc1ccc(S(=O)(=O)N2Cc3ccccc3CC2C(=O)NCc2ccccc2OC)cc1. The molecular weight excluding hydrogens is 440 g/mol. The summed E-state index contributed by atoms with van der Waals surface area (Å²) in [4.78, 5) is 13.4. The molecule has 1 N–H and O–H groups in total. The topological polar surface area (TPSA) is 84.9 Å². The number of nitrogens with one attached hydrogen (secondary N) is 1. The van der Waals surface area contributed by atoms with Crippen LogP contribution in [-0.2, 0) is 34.3 Å². The van der Waals surface area contributed by atoms with E-state index in [1.807, 2.05) is 48.5 Å². The Hall–Kier alpha value is -3.36. The van der Waals surface area contributed by atoms with Crippen molar-refractivity contribution in [3.63, 3.8) is 0 Å². The molecule has 0 bridgehead atoms. The lowest BCUT2D eigenvalue weighted by Gasteiger charge is -2.35. The maximum atomic E-state index is 13.6. The number of methoxy groups -OCH3 is 2. The van der Waals surface area contributed by atoms with Crippen LogP contribution in [-0.4, -0.2) is 38.9 Å². The summed E-state index contributed by atoms with van der Waals surface area (Å²) < 4.78 is 38.9. The first kappa shape index (κ1) is 22.8. The molecule has 0 saturated heterocycles. The molecule has 1 unspecified atom stereocenters. The van der Waals surface area contributed by atoms with Gasteiger partial charge in [0, 0.05) is 18.7 Å². The maximum absolute atomic E-state index is 13.6. The van der Waals surface area contributed by atoms with Crippen molar-refractivity contribution >= 4 is 15.9 Å². The Balaban J connectivity index is 1.63. The van der Waals surface area contributed by atoms with E-state index in [4.69, 9.17) is 9.47 Å². The normalized spacial score (nSPS) is 16.0.